The van der Waals surface area contributed by atoms with Crippen molar-refractivity contribution in [2.45, 2.75) is 6.61 Å². The van der Waals surface area contributed by atoms with E-state index in [-0.39, 0.29) is 17.1 Å². The van der Waals surface area contributed by atoms with Crippen molar-refractivity contribution in [1.82, 2.24) is 9.97 Å². The molecule has 1 N–H and O–H groups in total. The molecule has 0 spiro atoms. The highest BCUT2D eigenvalue weighted by atomic mass is 79.9. The van der Waals surface area contributed by atoms with Crippen LogP contribution < -0.4 is 10.1 Å². The Morgan fingerprint density at radius 2 is 2.20 bits per heavy atom. The summed E-state index contributed by atoms with van der Waals surface area (Å²) < 4.78 is 29.4. The summed E-state index contributed by atoms with van der Waals surface area (Å²) in [4.78, 5) is 19.6. The second kappa shape index (κ2) is 6.38. The van der Waals surface area contributed by atoms with E-state index < -0.39 is 12.5 Å². The monoisotopic (exact) mass is 343 g/mol. The lowest BCUT2D eigenvalue weighted by Crippen LogP contribution is -2.15. The molecule has 0 bridgehead atoms. The van der Waals surface area contributed by atoms with Gasteiger partial charge in [0, 0.05) is 23.1 Å². The molecule has 0 aliphatic rings. The Balaban J connectivity index is 2.19. The van der Waals surface area contributed by atoms with Crippen LogP contribution in [0.5, 0.6) is 5.75 Å². The van der Waals surface area contributed by atoms with Gasteiger partial charge in [0.2, 0.25) is 0 Å². The first kappa shape index (κ1) is 14.3. The first-order valence-electron chi connectivity index (χ1n) is 5.38. The lowest BCUT2D eigenvalue weighted by molar-refractivity contribution is -0.0495. The third kappa shape index (κ3) is 3.70. The molecule has 5 nitrogen and oxygen atoms in total. The van der Waals surface area contributed by atoms with E-state index in [0.29, 0.717) is 4.47 Å². The van der Waals surface area contributed by atoms with E-state index in [0.717, 1.165) is 0 Å². The summed E-state index contributed by atoms with van der Waals surface area (Å²) >= 11 is 3.18. The maximum atomic E-state index is 12.2. The molecule has 1 amide bonds. The SMILES string of the molecule is O=C(Nc1ncccc1OC(F)F)c1cncc(Br)c1. The summed E-state index contributed by atoms with van der Waals surface area (Å²) in [7, 11) is 0. The Morgan fingerprint density at radius 3 is 2.90 bits per heavy atom. The van der Waals surface area contributed by atoms with Crippen LogP contribution in [0, 0.1) is 0 Å². The number of alkyl halides is 2. The molecular formula is C12H8BrF2N3O2. The van der Waals surface area contributed by atoms with E-state index in [1.165, 1.54) is 30.7 Å². The number of carbonyl (C=O) groups excluding carboxylic acids is 1. The van der Waals surface area contributed by atoms with Gasteiger partial charge in [-0.1, -0.05) is 0 Å². The Hall–Kier alpha value is -2.09. The van der Waals surface area contributed by atoms with Crippen molar-refractivity contribution in [2.24, 2.45) is 0 Å². The van der Waals surface area contributed by atoms with Gasteiger partial charge in [-0.05, 0) is 34.1 Å². The van der Waals surface area contributed by atoms with Crippen molar-refractivity contribution in [3.63, 3.8) is 0 Å². The normalized spacial score (nSPS) is 10.4. The summed E-state index contributed by atoms with van der Waals surface area (Å²) in [5.74, 6) is -0.826. The van der Waals surface area contributed by atoms with Gasteiger partial charge in [0.05, 0.1) is 5.56 Å². The third-order valence-corrected chi connectivity index (χ3v) is 2.62. The molecular weight excluding hydrogens is 336 g/mol. The molecule has 0 aromatic carbocycles. The minimum Gasteiger partial charge on any atom is -0.431 e. The van der Waals surface area contributed by atoms with Crippen LogP contribution in [0.1, 0.15) is 10.4 Å². The van der Waals surface area contributed by atoms with Crippen LogP contribution in [-0.2, 0) is 0 Å². The quantitative estimate of drug-likeness (QED) is 0.926. The van der Waals surface area contributed by atoms with Gasteiger partial charge >= 0.3 is 6.61 Å². The number of nitrogens with one attached hydrogen (secondary N) is 1. The molecule has 0 fully saturated rings. The number of nitrogens with zero attached hydrogens (tertiary/aromatic N) is 2. The van der Waals surface area contributed by atoms with Crippen LogP contribution >= 0.6 is 15.9 Å². The molecule has 2 aromatic rings. The maximum Gasteiger partial charge on any atom is 0.387 e. The minimum atomic E-state index is -3.00. The van der Waals surface area contributed by atoms with Gasteiger partial charge in [-0.15, -0.1) is 0 Å². The summed E-state index contributed by atoms with van der Waals surface area (Å²) in [5, 5.41) is 2.39. The highest BCUT2D eigenvalue weighted by molar-refractivity contribution is 9.10. The smallest absolute Gasteiger partial charge is 0.387 e. The van der Waals surface area contributed by atoms with Gasteiger partial charge < -0.3 is 10.1 Å². The molecule has 2 heterocycles. The Morgan fingerprint density at radius 1 is 1.40 bits per heavy atom. The van der Waals surface area contributed by atoms with E-state index in [2.05, 4.69) is 36.0 Å². The number of ether oxygens (including phenoxy) is 1. The van der Waals surface area contributed by atoms with Crippen LogP contribution in [0.3, 0.4) is 0 Å². The summed E-state index contributed by atoms with van der Waals surface area (Å²) in [6.45, 7) is -3.00. The molecule has 20 heavy (non-hydrogen) atoms. The second-order valence-electron chi connectivity index (χ2n) is 3.57. The van der Waals surface area contributed by atoms with Crippen LogP contribution in [-0.4, -0.2) is 22.5 Å². The lowest BCUT2D eigenvalue weighted by Gasteiger charge is -2.10. The van der Waals surface area contributed by atoms with Crippen LogP contribution in [0.15, 0.2) is 41.3 Å². The minimum absolute atomic E-state index is 0.0854. The summed E-state index contributed by atoms with van der Waals surface area (Å²) in [6.07, 6.45) is 4.21. The zero-order valence-corrected chi connectivity index (χ0v) is 11.5. The van der Waals surface area contributed by atoms with Crippen molar-refractivity contribution in [2.75, 3.05) is 5.32 Å². The molecule has 0 saturated heterocycles. The van der Waals surface area contributed by atoms with Crippen molar-refractivity contribution in [3.8, 4) is 5.75 Å². The lowest BCUT2D eigenvalue weighted by atomic mass is 10.2. The Labute approximate surface area is 121 Å². The molecule has 0 atom stereocenters. The number of anilines is 1. The van der Waals surface area contributed by atoms with Gasteiger partial charge in [-0.25, -0.2) is 4.98 Å². The van der Waals surface area contributed by atoms with E-state index in [4.69, 9.17) is 0 Å². The number of rotatable bonds is 4. The molecule has 0 saturated carbocycles. The average molecular weight is 344 g/mol. The summed E-state index contributed by atoms with van der Waals surface area (Å²) in [6, 6.07) is 4.25. The van der Waals surface area contributed by atoms with E-state index in [1.807, 2.05) is 0 Å². The topological polar surface area (TPSA) is 64.1 Å². The molecule has 0 radical (unpaired) electrons. The van der Waals surface area contributed by atoms with Crippen LogP contribution in [0.2, 0.25) is 0 Å². The van der Waals surface area contributed by atoms with Crippen LogP contribution in [0.25, 0.3) is 0 Å². The van der Waals surface area contributed by atoms with Crippen molar-refractivity contribution in [1.29, 1.82) is 0 Å². The number of aromatic nitrogens is 2. The van der Waals surface area contributed by atoms with Crippen molar-refractivity contribution >= 4 is 27.7 Å². The molecule has 104 valence electrons. The molecule has 0 aliphatic heterocycles. The summed E-state index contributed by atoms with van der Waals surface area (Å²) in [5.41, 5.74) is 0.257. The van der Waals surface area contributed by atoms with Gasteiger partial charge in [-0.3, -0.25) is 9.78 Å². The number of hydrogen-bond acceptors (Lipinski definition) is 4. The van der Waals surface area contributed by atoms with E-state index >= 15 is 0 Å². The number of amides is 1. The van der Waals surface area contributed by atoms with Gasteiger partial charge in [0.1, 0.15) is 0 Å². The molecule has 8 heteroatoms. The Kier molecular flexibility index (Phi) is 4.57. The average Bonchev–Trinajstić information content (AvgIpc) is 2.40. The number of hydrogen-bond donors (Lipinski definition) is 1. The first-order valence-corrected chi connectivity index (χ1v) is 6.17. The maximum absolute atomic E-state index is 12.2. The fourth-order valence-electron chi connectivity index (χ4n) is 1.39. The largest absolute Gasteiger partial charge is 0.431 e. The predicted octanol–water partition coefficient (Wildman–Crippen LogP) is 3.09. The fourth-order valence-corrected chi connectivity index (χ4v) is 1.76. The standard InChI is InChI=1S/C12H8BrF2N3O2/c13-8-4-7(5-16-6-8)11(19)18-10-9(20-12(14)15)2-1-3-17-10/h1-6,12H,(H,17,18,19). The second-order valence-corrected chi connectivity index (χ2v) is 4.49. The highest BCUT2D eigenvalue weighted by Gasteiger charge is 2.14. The zero-order chi connectivity index (χ0) is 14.5. The van der Waals surface area contributed by atoms with Gasteiger partial charge in [-0.2, -0.15) is 8.78 Å². The predicted molar refractivity (Wildman–Crippen MR) is 70.8 cm³/mol. The number of pyridine rings is 2. The highest BCUT2D eigenvalue weighted by Crippen LogP contribution is 2.23. The molecule has 2 aromatic heterocycles. The van der Waals surface area contributed by atoms with Crippen molar-refractivity contribution in [3.05, 3.63) is 46.8 Å². The van der Waals surface area contributed by atoms with Crippen LogP contribution in [0.4, 0.5) is 14.6 Å². The van der Waals surface area contributed by atoms with Crippen molar-refractivity contribution < 1.29 is 18.3 Å². The molecule has 0 unspecified atom stereocenters. The zero-order valence-electron chi connectivity index (χ0n) is 9.89. The number of carbonyl (C=O) groups is 1. The third-order valence-electron chi connectivity index (χ3n) is 2.19. The first-order chi connectivity index (χ1) is 9.56. The van der Waals surface area contributed by atoms with Gasteiger partial charge in [0.15, 0.2) is 11.6 Å². The van der Waals surface area contributed by atoms with E-state index in [1.54, 1.807) is 6.07 Å². The van der Waals surface area contributed by atoms with E-state index in [9.17, 15) is 13.6 Å². The molecule has 2 rings (SSSR count). The number of halogens is 3. The Bertz CT molecular complexity index is 625. The molecule has 0 aliphatic carbocycles. The fraction of sp³-hybridized carbons (Fsp3) is 0.0833. The van der Waals surface area contributed by atoms with Gasteiger partial charge in [0.25, 0.3) is 5.91 Å².